The van der Waals surface area contributed by atoms with E-state index < -0.39 is 0 Å². The van der Waals surface area contributed by atoms with E-state index in [9.17, 15) is 0 Å². The van der Waals surface area contributed by atoms with Crippen LogP contribution in [0.3, 0.4) is 0 Å². The number of hydrogen-bond acceptors (Lipinski definition) is 6. The molecule has 0 saturated carbocycles. The number of anilines is 1. The van der Waals surface area contributed by atoms with E-state index in [0.717, 1.165) is 41.1 Å². The van der Waals surface area contributed by atoms with Crippen LogP contribution in [-0.2, 0) is 13.6 Å². The molecule has 0 fully saturated rings. The Morgan fingerprint density at radius 2 is 1.96 bits per heavy atom. The molecule has 1 atom stereocenters. The minimum absolute atomic E-state index is 0.220. The van der Waals surface area contributed by atoms with Crippen molar-refractivity contribution in [2.24, 2.45) is 7.05 Å². The molecule has 138 valence electrons. The Kier molecular flexibility index (Phi) is 4.53. The number of nitrogens with zero attached hydrogens (tertiary/aromatic N) is 7. The van der Waals surface area contributed by atoms with Crippen molar-refractivity contribution in [3.05, 3.63) is 48.7 Å². The molecule has 8 nitrogen and oxygen atoms in total. The highest BCUT2D eigenvalue weighted by Crippen LogP contribution is 2.27. The lowest BCUT2D eigenvalue weighted by molar-refractivity contribution is 0.545. The Morgan fingerprint density at radius 1 is 1.15 bits per heavy atom. The van der Waals surface area contributed by atoms with Gasteiger partial charge in [-0.15, -0.1) is 0 Å². The smallest absolute Gasteiger partial charge is 0.164 e. The first-order valence-corrected chi connectivity index (χ1v) is 8.97. The van der Waals surface area contributed by atoms with E-state index in [0.29, 0.717) is 5.82 Å². The number of rotatable bonds is 6. The van der Waals surface area contributed by atoms with Crippen LogP contribution in [0.2, 0.25) is 0 Å². The van der Waals surface area contributed by atoms with Gasteiger partial charge in [0, 0.05) is 50.0 Å². The van der Waals surface area contributed by atoms with Gasteiger partial charge in [-0.2, -0.15) is 10.2 Å². The Balaban J connectivity index is 1.67. The van der Waals surface area contributed by atoms with Gasteiger partial charge >= 0.3 is 0 Å². The van der Waals surface area contributed by atoms with E-state index >= 15 is 0 Å². The van der Waals surface area contributed by atoms with Gasteiger partial charge in [0.15, 0.2) is 11.5 Å². The fourth-order valence-corrected chi connectivity index (χ4v) is 3.14. The third-order valence-electron chi connectivity index (χ3n) is 4.53. The van der Waals surface area contributed by atoms with E-state index in [1.165, 1.54) is 0 Å². The lowest BCUT2D eigenvalue weighted by Crippen LogP contribution is -2.19. The third-order valence-corrected chi connectivity index (χ3v) is 4.53. The molecule has 4 aromatic heterocycles. The molecule has 0 spiro atoms. The first kappa shape index (κ1) is 17.1. The van der Waals surface area contributed by atoms with Crippen LogP contribution in [0.25, 0.3) is 22.4 Å². The molecule has 8 heteroatoms. The molecule has 0 saturated heterocycles. The molecule has 0 amide bonds. The number of aryl methyl sites for hydroxylation is 3. The molecule has 4 aromatic rings. The lowest BCUT2D eigenvalue weighted by Gasteiger charge is -2.16. The molecule has 0 aliphatic rings. The maximum Gasteiger partial charge on any atom is 0.164 e. The van der Waals surface area contributed by atoms with E-state index in [1.54, 1.807) is 23.3 Å². The minimum Gasteiger partial charge on any atom is -0.367 e. The highest BCUT2D eigenvalue weighted by Gasteiger charge is 2.17. The van der Waals surface area contributed by atoms with Gasteiger partial charge in [-0.25, -0.2) is 9.97 Å². The number of fused-ring (bicyclic) bond motifs is 1. The Labute approximate surface area is 157 Å². The van der Waals surface area contributed by atoms with Crippen molar-refractivity contribution in [3.8, 4) is 11.4 Å². The van der Waals surface area contributed by atoms with Gasteiger partial charge in [0.05, 0.1) is 11.1 Å². The number of hydrogen-bond donors (Lipinski definition) is 1. The second kappa shape index (κ2) is 7.14. The molecule has 4 heterocycles. The zero-order valence-electron chi connectivity index (χ0n) is 15.7. The number of pyridine rings is 1. The summed E-state index contributed by atoms with van der Waals surface area (Å²) in [4.78, 5) is 13.6. The molecule has 0 bridgehead atoms. The normalized spacial score (nSPS) is 12.4. The van der Waals surface area contributed by atoms with Crippen LogP contribution < -0.4 is 5.32 Å². The van der Waals surface area contributed by atoms with Crippen LogP contribution in [0.1, 0.15) is 19.0 Å². The largest absolute Gasteiger partial charge is 0.367 e. The quantitative estimate of drug-likeness (QED) is 0.568. The molecular formula is C19H22N8. The summed E-state index contributed by atoms with van der Waals surface area (Å²) in [6, 6.07) is 5.98. The van der Waals surface area contributed by atoms with Crippen molar-refractivity contribution in [2.45, 2.75) is 32.9 Å². The van der Waals surface area contributed by atoms with Crippen molar-refractivity contribution < 1.29 is 0 Å². The monoisotopic (exact) mass is 362 g/mol. The lowest BCUT2D eigenvalue weighted by atomic mass is 10.2. The molecule has 0 radical (unpaired) electrons. The summed E-state index contributed by atoms with van der Waals surface area (Å²) >= 11 is 0. The third kappa shape index (κ3) is 3.51. The van der Waals surface area contributed by atoms with Gasteiger partial charge in [0.25, 0.3) is 0 Å². The Hall–Kier alpha value is -3.29. The van der Waals surface area contributed by atoms with Crippen LogP contribution >= 0.6 is 0 Å². The fraction of sp³-hybridized carbons (Fsp3) is 0.316. The second-order valence-corrected chi connectivity index (χ2v) is 6.64. The van der Waals surface area contributed by atoms with Gasteiger partial charge in [0.2, 0.25) is 0 Å². The highest BCUT2D eigenvalue weighted by molar-refractivity contribution is 5.91. The van der Waals surface area contributed by atoms with Gasteiger partial charge in [-0.3, -0.25) is 14.3 Å². The van der Waals surface area contributed by atoms with Crippen LogP contribution in [0.5, 0.6) is 0 Å². The van der Waals surface area contributed by atoms with Crippen molar-refractivity contribution in [3.63, 3.8) is 0 Å². The average Bonchev–Trinajstić information content (AvgIpc) is 3.29. The van der Waals surface area contributed by atoms with Crippen LogP contribution in [0.4, 0.5) is 5.82 Å². The van der Waals surface area contributed by atoms with Crippen molar-refractivity contribution in [2.75, 3.05) is 5.32 Å². The molecule has 0 aliphatic heterocycles. The first-order chi connectivity index (χ1) is 13.1. The zero-order chi connectivity index (χ0) is 18.8. The van der Waals surface area contributed by atoms with E-state index in [-0.39, 0.29) is 6.04 Å². The minimum atomic E-state index is 0.220. The summed E-state index contributed by atoms with van der Waals surface area (Å²) < 4.78 is 3.74. The standard InChI is InChI=1S/C19H22N8/c1-13(7-12-27-11-4-8-21-27)22-18-16-14(2)25-26(3)19(16)24-17(23-18)15-5-9-20-10-6-15/h4-6,8-11,13H,7,12H2,1-3H3,(H,22,23,24)/t13-/m0/s1. The summed E-state index contributed by atoms with van der Waals surface area (Å²) in [6.07, 6.45) is 8.19. The summed E-state index contributed by atoms with van der Waals surface area (Å²) in [6.45, 7) is 4.98. The topological polar surface area (TPSA) is 86.3 Å². The van der Waals surface area contributed by atoms with Gasteiger partial charge in [-0.05, 0) is 38.5 Å². The van der Waals surface area contributed by atoms with Crippen molar-refractivity contribution >= 4 is 16.9 Å². The van der Waals surface area contributed by atoms with Crippen LogP contribution in [0, 0.1) is 6.92 Å². The summed E-state index contributed by atoms with van der Waals surface area (Å²) in [5.74, 6) is 1.47. The Bertz CT molecular complexity index is 1040. The van der Waals surface area contributed by atoms with Gasteiger partial charge < -0.3 is 5.32 Å². The van der Waals surface area contributed by atoms with Crippen LogP contribution in [-0.4, -0.2) is 40.6 Å². The molecular weight excluding hydrogens is 340 g/mol. The predicted octanol–water partition coefficient (Wildman–Crippen LogP) is 2.82. The maximum atomic E-state index is 4.80. The highest BCUT2D eigenvalue weighted by atomic mass is 15.3. The summed E-state index contributed by atoms with van der Waals surface area (Å²) in [5.41, 5.74) is 2.66. The van der Waals surface area contributed by atoms with E-state index in [4.69, 9.17) is 9.97 Å². The molecule has 4 rings (SSSR count). The SMILES string of the molecule is Cc1nn(C)c2nc(-c3ccncc3)nc(N[C@@H](C)CCn3cccn3)c12. The zero-order valence-corrected chi connectivity index (χ0v) is 15.7. The fourth-order valence-electron chi connectivity index (χ4n) is 3.14. The number of nitrogens with one attached hydrogen (secondary N) is 1. The van der Waals surface area contributed by atoms with E-state index in [2.05, 4.69) is 27.4 Å². The summed E-state index contributed by atoms with van der Waals surface area (Å²) in [5, 5.41) is 13.3. The molecule has 0 aliphatic carbocycles. The average molecular weight is 362 g/mol. The number of aromatic nitrogens is 7. The predicted molar refractivity (Wildman–Crippen MR) is 104 cm³/mol. The first-order valence-electron chi connectivity index (χ1n) is 8.97. The van der Waals surface area contributed by atoms with Crippen molar-refractivity contribution in [1.82, 2.24) is 34.5 Å². The second-order valence-electron chi connectivity index (χ2n) is 6.64. The summed E-state index contributed by atoms with van der Waals surface area (Å²) in [7, 11) is 1.91. The van der Waals surface area contributed by atoms with Gasteiger partial charge in [-0.1, -0.05) is 0 Å². The molecule has 27 heavy (non-hydrogen) atoms. The van der Waals surface area contributed by atoms with Crippen LogP contribution in [0.15, 0.2) is 43.0 Å². The van der Waals surface area contributed by atoms with Gasteiger partial charge in [0.1, 0.15) is 5.82 Å². The van der Waals surface area contributed by atoms with E-state index in [1.807, 2.05) is 43.0 Å². The Morgan fingerprint density at radius 3 is 2.70 bits per heavy atom. The van der Waals surface area contributed by atoms with Crippen molar-refractivity contribution in [1.29, 1.82) is 0 Å². The maximum absolute atomic E-state index is 4.80. The molecule has 1 N–H and O–H groups in total. The molecule has 0 unspecified atom stereocenters. The molecule has 0 aromatic carbocycles.